The molecule has 0 atom stereocenters. The van der Waals surface area contributed by atoms with Crippen LogP contribution in [0.3, 0.4) is 0 Å². The molecule has 0 saturated carbocycles. The highest BCUT2D eigenvalue weighted by Crippen LogP contribution is 2.21. The van der Waals surface area contributed by atoms with E-state index >= 15 is 0 Å². The average Bonchev–Trinajstić information content (AvgIpc) is 2.22. The van der Waals surface area contributed by atoms with Gasteiger partial charge in [-0.2, -0.15) is 0 Å². The lowest BCUT2D eigenvalue weighted by Gasteiger charge is -2.33. The van der Waals surface area contributed by atoms with Gasteiger partial charge in [0.15, 0.2) is 0 Å². The molecule has 1 amide bonds. The molecule has 0 aromatic carbocycles. The fourth-order valence-electron chi connectivity index (χ4n) is 2.31. The Kier molecular flexibility index (Phi) is 7.79. The summed E-state index contributed by atoms with van der Waals surface area (Å²) in [6.07, 6.45) is 2.54. The van der Waals surface area contributed by atoms with Crippen molar-refractivity contribution in [2.45, 2.75) is 85.8 Å². The molecule has 3 nitrogen and oxygen atoms in total. The predicted octanol–water partition coefficient (Wildman–Crippen LogP) is 4.16. The Labute approximate surface area is 125 Å². The minimum absolute atomic E-state index is 0.119. The molecule has 0 aliphatic carbocycles. The van der Waals surface area contributed by atoms with Gasteiger partial charge >= 0.3 is 0 Å². The van der Waals surface area contributed by atoms with E-state index in [0.29, 0.717) is 24.9 Å². The van der Waals surface area contributed by atoms with Crippen LogP contribution in [0.4, 0.5) is 0 Å². The van der Waals surface area contributed by atoms with Crippen molar-refractivity contribution < 1.29 is 9.53 Å². The third-order valence-electron chi connectivity index (χ3n) is 3.15. The summed E-state index contributed by atoms with van der Waals surface area (Å²) in [5.74, 6) is 1.28. The summed E-state index contributed by atoms with van der Waals surface area (Å²) in [6.45, 7) is 17.5. The Morgan fingerprint density at radius 1 is 1.05 bits per heavy atom. The monoisotopic (exact) mass is 285 g/mol. The Hall–Kier alpha value is -0.570. The molecular weight excluding hydrogens is 250 g/mol. The first-order valence-corrected chi connectivity index (χ1v) is 7.88. The van der Waals surface area contributed by atoms with E-state index in [9.17, 15) is 4.79 Å². The van der Waals surface area contributed by atoms with Gasteiger partial charge in [0.05, 0.1) is 17.7 Å². The summed E-state index contributed by atoms with van der Waals surface area (Å²) in [5.41, 5.74) is -0.462. The molecule has 120 valence electrons. The van der Waals surface area contributed by atoms with Crippen molar-refractivity contribution in [1.29, 1.82) is 0 Å². The van der Waals surface area contributed by atoms with E-state index in [1.165, 1.54) is 0 Å². The molecule has 0 spiro atoms. The van der Waals surface area contributed by atoms with E-state index < -0.39 is 0 Å². The zero-order chi connectivity index (χ0) is 16.0. The van der Waals surface area contributed by atoms with Crippen molar-refractivity contribution in [3.8, 4) is 0 Å². The summed E-state index contributed by atoms with van der Waals surface area (Å²) in [6, 6.07) is 0. The molecule has 0 radical (unpaired) electrons. The van der Waals surface area contributed by atoms with Crippen LogP contribution >= 0.6 is 0 Å². The van der Waals surface area contributed by atoms with Crippen LogP contribution < -0.4 is 5.32 Å². The van der Waals surface area contributed by atoms with Crippen LogP contribution in [0, 0.1) is 11.8 Å². The minimum Gasteiger partial charge on any atom is -0.373 e. The largest absolute Gasteiger partial charge is 0.373 e. The van der Waals surface area contributed by atoms with Gasteiger partial charge in [0.1, 0.15) is 0 Å². The Morgan fingerprint density at radius 3 is 2.05 bits per heavy atom. The predicted molar refractivity (Wildman–Crippen MR) is 85.8 cm³/mol. The van der Waals surface area contributed by atoms with E-state index in [1.54, 1.807) is 0 Å². The quantitative estimate of drug-likeness (QED) is 0.691. The van der Waals surface area contributed by atoms with Crippen molar-refractivity contribution >= 4 is 5.91 Å². The van der Waals surface area contributed by atoms with Crippen molar-refractivity contribution in [2.75, 3.05) is 6.61 Å². The Morgan fingerprint density at radius 2 is 1.60 bits per heavy atom. The molecule has 20 heavy (non-hydrogen) atoms. The van der Waals surface area contributed by atoms with Crippen LogP contribution in [0.15, 0.2) is 0 Å². The lowest BCUT2D eigenvalue weighted by molar-refractivity contribution is -0.125. The molecule has 0 aromatic heterocycles. The lowest BCUT2D eigenvalue weighted by atomic mass is 9.95. The zero-order valence-electron chi connectivity index (χ0n) is 14.8. The van der Waals surface area contributed by atoms with Gasteiger partial charge in [-0.3, -0.25) is 4.79 Å². The van der Waals surface area contributed by atoms with Gasteiger partial charge in [-0.15, -0.1) is 0 Å². The first-order valence-electron chi connectivity index (χ1n) is 7.88. The van der Waals surface area contributed by atoms with Crippen LogP contribution in [0.25, 0.3) is 0 Å². The number of nitrogens with one attached hydrogen (secondary N) is 1. The highest BCUT2D eigenvalue weighted by Gasteiger charge is 2.26. The first kappa shape index (κ1) is 19.4. The maximum atomic E-state index is 11.9. The van der Waals surface area contributed by atoms with Crippen molar-refractivity contribution in [3.63, 3.8) is 0 Å². The second-order valence-electron chi connectivity index (χ2n) is 8.01. The Balaban J connectivity index is 4.21. The van der Waals surface area contributed by atoms with Crippen LogP contribution in [-0.2, 0) is 9.53 Å². The van der Waals surface area contributed by atoms with Crippen LogP contribution in [0.5, 0.6) is 0 Å². The summed E-state index contributed by atoms with van der Waals surface area (Å²) < 4.78 is 6.02. The number of amides is 1. The molecule has 1 N–H and O–H groups in total. The number of rotatable bonds is 9. The van der Waals surface area contributed by atoms with E-state index in [4.69, 9.17) is 4.74 Å². The van der Waals surface area contributed by atoms with Crippen LogP contribution in [-0.4, -0.2) is 23.7 Å². The van der Waals surface area contributed by atoms with Crippen LogP contribution in [0.1, 0.15) is 74.7 Å². The molecule has 0 aliphatic rings. The highest BCUT2D eigenvalue weighted by molar-refractivity contribution is 5.76. The zero-order valence-corrected chi connectivity index (χ0v) is 14.8. The third kappa shape index (κ3) is 10.2. The van der Waals surface area contributed by atoms with Gasteiger partial charge in [0.2, 0.25) is 5.91 Å². The SMILES string of the molecule is CC(C)CCC(=O)NC(C)(C)COC(C)(C)CC(C)C. The molecular formula is C17H35NO2. The molecule has 3 heteroatoms. The number of ether oxygens (including phenoxy) is 1. The number of carbonyl (C=O) groups is 1. The minimum atomic E-state index is -0.317. The maximum absolute atomic E-state index is 11.9. The van der Waals surface area contributed by atoms with E-state index in [-0.39, 0.29) is 17.0 Å². The van der Waals surface area contributed by atoms with Gasteiger partial charge in [0, 0.05) is 6.42 Å². The van der Waals surface area contributed by atoms with Gasteiger partial charge in [-0.05, 0) is 52.4 Å². The van der Waals surface area contributed by atoms with E-state index in [2.05, 4.69) is 46.9 Å². The third-order valence-corrected chi connectivity index (χ3v) is 3.15. The van der Waals surface area contributed by atoms with Gasteiger partial charge in [-0.1, -0.05) is 27.7 Å². The smallest absolute Gasteiger partial charge is 0.220 e. The number of hydrogen-bond acceptors (Lipinski definition) is 2. The van der Waals surface area contributed by atoms with Gasteiger partial charge in [-0.25, -0.2) is 0 Å². The van der Waals surface area contributed by atoms with Gasteiger partial charge in [0.25, 0.3) is 0 Å². The van der Waals surface area contributed by atoms with Crippen molar-refractivity contribution in [2.24, 2.45) is 11.8 Å². The molecule has 0 fully saturated rings. The molecule has 0 aliphatic heterocycles. The summed E-state index contributed by atoms with van der Waals surface area (Å²) >= 11 is 0. The van der Waals surface area contributed by atoms with Crippen LogP contribution in [0.2, 0.25) is 0 Å². The average molecular weight is 285 g/mol. The molecule has 0 bridgehead atoms. The van der Waals surface area contributed by atoms with Crippen molar-refractivity contribution in [1.82, 2.24) is 5.32 Å². The summed E-state index contributed by atoms with van der Waals surface area (Å²) in [4.78, 5) is 11.9. The summed E-state index contributed by atoms with van der Waals surface area (Å²) in [5, 5.41) is 3.07. The van der Waals surface area contributed by atoms with E-state index in [0.717, 1.165) is 12.8 Å². The molecule has 0 rings (SSSR count). The molecule has 0 saturated heterocycles. The second kappa shape index (κ2) is 8.02. The normalized spacial score (nSPS) is 13.1. The maximum Gasteiger partial charge on any atom is 0.220 e. The summed E-state index contributed by atoms with van der Waals surface area (Å²) in [7, 11) is 0. The van der Waals surface area contributed by atoms with Crippen molar-refractivity contribution in [3.05, 3.63) is 0 Å². The lowest BCUT2D eigenvalue weighted by Crippen LogP contribution is -2.48. The number of carbonyl (C=O) groups excluding carboxylic acids is 1. The molecule has 0 unspecified atom stereocenters. The Bertz CT molecular complexity index is 293. The molecule has 0 aromatic rings. The standard InChI is InChI=1S/C17H35NO2/c1-13(2)9-10-15(19)18-16(5,6)12-20-17(7,8)11-14(3)4/h13-14H,9-12H2,1-8H3,(H,18,19). The number of hydrogen-bond donors (Lipinski definition) is 1. The fraction of sp³-hybridized carbons (Fsp3) is 0.941. The van der Waals surface area contributed by atoms with E-state index in [1.807, 2.05) is 13.8 Å². The topological polar surface area (TPSA) is 38.3 Å². The highest BCUT2D eigenvalue weighted by atomic mass is 16.5. The fourth-order valence-corrected chi connectivity index (χ4v) is 2.31. The van der Waals surface area contributed by atoms with Gasteiger partial charge < -0.3 is 10.1 Å². The second-order valence-corrected chi connectivity index (χ2v) is 8.01. The molecule has 0 heterocycles. The first-order chi connectivity index (χ1) is 8.93.